The van der Waals surface area contributed by atoms with E-state index >= 15 is 0 Å². The Bertz CT molecular complexity index is 779. The molecule has 3 rings (SSSR count). The molecule has 1 amide bonds. The van der Waals surface area contributed by atoms with Crippen LogP contribution in [0.2, 0.25) is 0 Å². The van der Waals surface area contributed by atoms with Crippen molar-refractivity contribution in [3.8, 4) is 0 Å². The third kappa shape index (κ3) is 2.58. The zero-order chi connectivity index (χ0) is 14.8. The number of carbonyl (C=O) groups is 1. The van der Waals surface area contributed by atoms with Crippen LogP contribution in [-0.4, -0.2) is 27.8 Å². The SMILES string of the molecule is CN(Cc1ccncc1)C(=O)c1c[nH]c2cc(N)ccc12. The van der Waals surface area contributed by atoms with Gasteiger partial charge in [0.15, 0.2) is 0 Å². The number of fused-ring (bicyclic) bond motifs is 1. The molecule has 0 saturated carbocycles. The van der Waals surface area contributed by atoms with Gasteiger partial charge in [-0.15, -0.1) is 0 Å². The highest BCUT2D eigenvalue weighted by Crippen LogP contribution is 2.22. The number of hydrogen-bond acceptors (Lipinski definition) is 3. The predicted octanol–water partition coefficient (Wildman–Crippen LogP) is 2.42. The minimum atomic E-state index is -0.0252. The Morgan fingerprint density at radius 2 is 2.05 bits per heavy atom. The first-order valence-electron chi connectivity index (χ1n) is 6.66. The Hall–Kier alpha value is -2.82. The maximum Gasteiger partial charge on any atom is 0.256 e. The maximum absolute atomic E-state index is 12.6. The summed E-state index contributed by atoms with van der Waals surface area (Å²) in [5, 5.41) is 0.885. The van der Waals surface area contributed by atoms with Crippen LogP contribution in [0.4, 0.5) is 5.69 Å². The van der Waals surface area contributed by atoms with Gasteiger partial charge < -0.3 is 15.6 Å². The summed E-state index contributed by atoms with van der Waals surface area (Å²) >= 11 is 0. The number of pyridine rings is 1. The van der Waals surface area contributed by atoms with Crippen LogP contribution in [0.1, 0.15) is 15.9 Å². The van der Waals surface area contributed by atoms with Crippen molar-refractivity contribution in [3.05, 3.63) is 60.0 Å². The molecule has 0 saturated heterocycles. The summed E-state index contributed by atoms with van der Waals surface area (Å²) in [6, 6.07) is 9.30. The molecule has 0 bridgehead atoms. The van der Waals surface area contributed by atoms with Crippen molar-refractivity contribution < 1.29 is 4.79 Å². The summed E-state index contributed by atoms with van der Waals surface area (Å²) in [4.78, 5) is 21.3. The second-order valence-electron chi connectivity index (χ2n) is 5.02. The van der Waals surface area contributed by atoms with Gasteiger partial charge in [0.05, 0.1) is 5.56 Å². The van der Waals surface area contributed by atoms with Crippen molar-refractivity contribution in [3.63, 3.8) is 0 Å². The fourth-order valence-electron chi connectivity index (χ4n) is 2.36. The van der Waals surface area contributed by atoms with Crippen LogP contribution >= 0.6 is 0 Å². The second-order valence-corrected chi connectivity index (χ2v) is 5.02. The van der Waals surface area contributed by atoms with Crippen molar-refractivity contribution in [1.29, 1.82) is 0 Å². The number of amides is 1. The third-order valence-corrected chi connectivity index (χ3v) is 3.45. The van der Waals surface area contributed by atoms with E-state index in [-0.39, 0.29) is 5.91 Å². The van der Waals surface area contributed by atoms with E-state index in [2.05, 4.69) is 9.97 Å². The average molecular weight is 280 g/mol. The molecular weight excluding hydrogens is 264 g/mol. The molecule has 0 atom stereocenters. The first-order valence-corrected chi connectivity index (χ1v) is 6.66. The van der Waals surface area contributed by atoms with E-state index in [1.54, 1.807) is 36.6 Å². The third-order valence-electron chi connectivity index (χ3n) is 3.45. The number of H-pyrrole nitrogens is 1. The topological polar surface area (TPSA) is 75.0 Å². The Kier molecular flexibility index (Phi) is 3.31. The van der Waals surface area contributed by atoms with Crippen molar-refractivity contribution in [1.82, 2.24) is 14.9 Å². The zero-order valence-electron chi connectivity index (χ0n) is 11.7. The van der Waals surface area contributed by atoms with E-state index in [1.165, 1.54) is 0 Å². The lowest BCUT2D eigenvalue weighted by atomic mass is 10.1. The number of anilines is 1. The molecule has 0 spiro atoms. The Labute approximate surface area is 122 Å². The number of aromatic nitrogens is 2. The van der Waals surface area contributed by atoms with Crippen molar-refractivity contribution >= 4 is 22.5 Å². The standard InChI is InChI=1S/C16H16N4O/c1-20(10-11-4-6-18-7-5-11)16(21)14-9-19-15-8-12(17)2-3-13(14)15/h2-9,19H,10,17H2,1H3. The largest absolute Gasteiger partial charge is 0.399 e. The van der Waals surface area contributed by atoms with Crippen LogP contribution in [-0.2, 0) is 6.54 Å². The quantitative estimate of drug-likeness (QED) is 0.723. The predicted molar refractivity (Wildman–Crippen MR) is 82.7 cm³/mol. The molecule has 0 aliphatic rings. The number of rotatable bonds is 3. The van der Waals surface area contributed by atoms with Gasteiger partial charge in [0.2, 0.25) is 0 Å². The highest BCUT2D eigenvalue weighted by molar-refractivity contribution is 6.07. The van der Waals surface area contributed by atoms with Gasteiger partial charge >= 0.3 is 0 Å². The summed E-state index contributed by atoms with van der Waals surface area (Å²) in [6.07, 6.45) is 5.18. The van der Waals surface area contributed by atoms with Gasteiger partial charge in [-0.25, -0.2) is 0 Å². The fourth-order valence-corrected chi connectivity index (χ4v) is 2.36. The van der Waals surface area contributed by atoms with Crippen LogP contribution in [0.25, 0.3) is 10.9 Å². The second kappa shape index (κ2) is 5.28. The first-order chi connectivity index (χ1) is 10.1. The van der Waals surface area contributed by atoms with Crippen LogP contribution in [0.15, 0.2) is 48.9 Å². The monoisotopic (exact) mass is 280 g/mol. The molecule has 0 unspecified atom stereocenters. The molecule has 0 fully saturated rings. The molecule has 0 aliphatic carbocycles. The van der Waals surface area contributed by atoms with Crippen molar-refractivity contribution in [2.75, 3.05) is 12.8 Å². The summed E-state index contributed by atoms with van der Waals surface area (Å²) in [5.74, 6) is -0.0252. The molecule has 21 heavy (non-hydrogen) atoms. The molecule has 3 N–H and O–H groups in total. The van der Waals surface area contributed by atoms with E-state index in [0.29, 0.717) is 17.8 Å². The lowest BCUT2D eigenvalue weighted by Gasteiger charge is -2.16. The van der Waals surface area contributed by atoms with Crippen molar-refractivity contribution in [2.24, 2.45) is 0 Å². The van der Waals surface area contributed by atoms with Crippen LogP contribution < -0.4 is 5.73 Å². The van der Waals surface area contributed by atoms with E-state index in [9.17, 15) is 4.79 Å². The van der Waals surface area contributed by atoms with E-state index in [1.807, 2.05) is 24.3 Å². The molecule has 2 heterocycles. The minimum Gasteiger partial charge on any atom is -0.399 e. The smallest absolute Gasteiger partial charge is 0.256 e. The lowest BCUT2D eigenvalue weighted by molar-refractivity contribution is 0.0787. The minimum absolute atomic E-state index is 0.0252. The molecule has 1 aromatic carbocycles. The highest BCUT2D eigenvalue weighted by atomic mass is 16.2. The van der Waals surface area contributed by atoms with Gasteiger partial charge in [-0.1, -0.05) is 0 Å². The number of hydrogen-bond donors (Lipinski definition) is 2. The van der Waals surface area contributed by atoms with E-state index < -0.39 is 0 Å². The first kappa shape index (κ1) is 13.2. The molecule has 3 aromatic rings. The van der Waals surface area contributed by atoms with Gasteiger partial charge in [0.1, 0.15) is 0 Å². The number of carbonyl (C=O) groups excluding carboxylic acids is 1. The summed E-state index contributed by atoms with van der Waals surface area (Å²) in [5.41, 5.74) is 9.00. The van der Waals surface area contributed by atoms with Gasteiger partial charge in [-0.05, 0) is 35.9 Å². The van der Waals surface area contributed by atoms with Gasteiger partial charge in [-0.3, -0.25) is 9.78 Å². The molecule has 0 aliphatic heterocycles. The highest BCUT2D eigenvalue weighted by Gasteiger charge is 2.16. The number of nitrogen functional groups attached to an aromatic ring is 1. The Balaban J connectivity index is 1.86. The Morgan fingerprint density at radius 3 is 2.81 bits per heavy atom. The van der Waals surface area contributed by atoms with Gasteiger partial charge in [-0.2, -0.15) is 0 Å². The summed E-state index contributed by atoms with van der Waals surface area (Å²) < 4.78 is 0. The normalized spacial score (nSPS) is 10.7. The van der Waals surface area contributed by atoms with Gasteiger partial charge in [0, 0.05) is 48.8 Å². The average Bonchev–Trinajstić information content (AvgIpc) is 2.90. The number of aromatic amines is 1. The van der Waals surface area contributed by atoms with E-state index in [0.717, 1.165) is 16.5 Å². The maximum atomic E-state index is 12.6. The molecular formula is C16H16N4O. The van der Waals surface area contributed by atoms with E-state index in [4.69, 9.17) is 5.73 Å². The number of nitrogens with two attached hydrogens (primary N) is 1. The zero-order valence-corrected chi connectivity index (χ0v) is 11.7. The van der Waals surface area contributed by atoms with Crippen LogP contribution in [0.3, 0.4) is 0 Å². The number of benzene rings is 1. The molecule has 5 nitrogen and oxygen atoms in total. The summed E-state index contributed by atoms with van der Waals surface area (Å²) in [6.45, 7) is 0.545. The Morgan fingerprint density at radius 1 is 1.29 bits per heavy atom. The van der Waals surface area contributed by atoms with Crippen molar-refractivity contribution in [2.45, 2.75) is 6.54 Å². The lowest BCUT2D eigenvalue weighted by Crippen LogP contribution is -2.25. The molecule has 2 aromatic heterocycles. The van der Waals surface area contributed by atoms with Crippen LogP contribution in [0, 0.1) is 0 Å². The number of nitrogens with one attached hydrogen (secondary N) is 1. The molecule has 106 valence electrons. The fraction of sp³-hybridized carbons (Fsp3) is 0.125. The van der Waals surface area contributed by atoms with Crippen LogP contribution in [0.5, 0.6) is 0 Å². The van der Waals surface area contributed by atoms with Gasteiger partial charge in [0.25, 0.3) is 5.91 Å². The summed E-state index contributed by atoms with van der Waals surface area (Å²) in [7, 11) is 1.79. The molecule has 0 radical (unpaired) electrons. The number of nitrogens with zero attached hydrogens (tertiary/aromatic N) is 2. The molecule has 5 heteroatoms.